The van der Waals surface area contributed by atoms with Crippen LogP contribution in [0.25, 0.3) is 0 Å². The van der Waals surface area contributed by atoms with Gasteiger partial charge in [-0.05, 0) is 48.5 Å². The highest BCUT2D eigenvalue weighted by Crippen LogP contribution is 2.27. The van der Waals surface area contributed by atoms with Gasteiger partial charge in [0.15, 0.2) is 0 Å². The number of benzene rings is 1. The topological polar surface area (TPSA) is 32.5 Å². The summed E-state index contributed by atoms with van der Waals surface area (Å²) in [6.07, 6.45) is 0. The molecule has 1 fully saturated rings. The van der Waals surface area contributed by atoms with Gasteiger partial charge in [-0.1, -0.05) is 12.1 Å². The van der Waals surface area contributed by atoms with Crippen molar-refractivity contribution in [3.05, 3.63) is 28.2 Å². The van der Waals surface area contributed by atoms with Crippen LogP contribution in [0.2, 0.25) is 0 Å². The third-order valence-corrected chi connectivity index (χ3v) is 4.87. The van der Waals surface area contributed by atoms with Crippen molar-refractivity contribution in [2.75, 3.05) is 32.4 Å². The molecule has 0 atom stereocenters. The van der Waals surface area contributed by atoms with Gasteiger partial charge in [0, 0.05) is 41.9 Å². The molecule has 1 aliphatic heterocycles. The lowest BCUT2D eigenvalue weighted by molar-refractivity contribution is 0.0359. The molecular weight excluding hydrogens is 290 g/mol. The standard InChI is InChI=1S/C14H22BrN3/c1-14(2)10-18(8-7-17(14)3)9-11-5-4-6-12(16)13(11)15/h4-6H,7-10,16H2,1-3H3. The van der Waals surface area contributed by atoms with Crippen molar-refractivity contribution in [3.63, 3.8) is 0 Å². The second-order valence-corrected chi connectivity index (χ2v) is 6.56. The van der Waals surface area contributed by atoms with Crippen LogP contribution in [-0.4, -0.2) is 42.0 Å². The van der Waals surface area contributed by atoms with Crippen LogP contribution in [0.5, 0.6) is 0 Å². The Morgan fingerprint density at radius 3 is 2.72 bits per heavy atom. The largest absolute Gasteiger partial charge is 0.398 e. The van der Waals surface area contributed by atoms with Gasteiger partial charge in [-0.25, -0.2) is 0 Å². The van der Waals surface area contributed by atoms with E-state index in [9.17, 15) is 0 Å². The average Bonchev–Trinajstić information content (AvgIpc) is 2.29. The van der Waals surface area contributed by atoms with E-state index >= 15 is 0 Å². The first-order valence-electron chi connectivity index (χ1n) is 6.36. The lowest BCUT2D eigenvalue weighted by Crippen LogP contribution is -2.57. The number of hydrogen-bond donors (Lipinski definition) is 1. The number of piperazine rings is 1. The van der Waals surface area contributed by atoms with Crippen molar-refractivity contribution in [3.8, 4) is 0 Å². The zero-order valence-electron chi connectivity index (χ0n) is 11.4. The van der Waals surface area contributed by atoms with E-state index in [0.717, 1.165) is 36.3 Å². The number of hydrogen-bond acceptors (Lipinski definition) is 3. The monoisotopic (exact) mass is 311 g/mol. The van der Waals surface area contributed by atoms with E-state index in [-0.39, 0.29) is 5.54 Å². The third-order valence-electron chi connectivity index (χ3n) is 3.90. The maximum absolute atomic E-state index is 5.93. The van der Waals surface area contributed by atoms with Crippen molar-refractivity contribution in [1.29, 1.82) is 0 Å². The van der Waals surface area contributed by atoms with Crippen molar-refractivity contribution < 1.29 is 0 Å². The minimum atomic E-state index is 0.241. The maximum atomic E-state index is 5.93. The number of nitrogens with two attached hydrogens (primary N) is 1. The molecule has 0 aromatic heterocycles. The summed E-state index contributed by atoms with van der Waals surface area (Å²) in [5, 5.41) is 0. The maximum Gasteiger partial charge on any atom is 0.0461 e. The van der Waals surface area contributed by atoms with Gasteiger partial charge in [0.2, 0.25) is 0 Å². The van der Waals surface area contributed by atoms with Crippen LogP contribution < -0.4 is 5.73 Å². The molecule has 0 aliphatic carbocycles. The highest BCUT2D eigenvalue weighted by Gasteiger charge is 2.30. The van der Waals surface area contributed by atoms with Gasteiger partial charge in [0.25, 0.3) is 0 Å². The van der Waals surface area contributed by atoms with Gasteiger partial charge in [-0.3, -0.25) is 9.80 Å². The number of halogens is 1. The van der Waals surface area contributed by atoms with E-state index in [1.165, 1.54) is 5.56 Å². The van der Waals surface area contributed by atoms with Crippen LogP contribution in [0.3, 0.4) is 0 Å². The van der Waals surface area contributed by atoms with Gasteiger partial charge >= 0.3 is 0 Å². The molecule has 0 amide bonds. The molecule has 2 N–H and O–H groups in total. The van der Waals surface area contributed by atoms with E-state index in [1.807, 2.05) is 12.1 Å². The SMILES string of the molecule is CN1CCN(Cc2cccc(N)c2Br)CC1(C)C. The molecular formula is C14H22BrN3. The minimum absolute atomic E-state index is 0.241. The molecule has 1 saturated heterocycles. The summed E-state index contributed by atoms with van der Waals surface area (Å²) in [4.78, 5) is 4.93. The Balaban J connectivity index is 2.09. The van der Waals surface area contributed by atoms with Crippen LogP contribution in [0.4, 0.5) is 5.69 Å². The van der Waals surface area contributed by atoms with Crippen molar-refractivity contribution in [2.24, 2.45) is 0 Å². The number of likely N-dealkylation sites (N-methyl/N-ethyl adjacent to an activating group) is 1. The molecule has 0 saturated carbocycles. The lowest BCUT2D eigenvalue weighted by atomic mass is 9.99. The molecule has 4 heteroatoms. The highest BCUT2D eigenvalue weighted by atomic mass is 79.9. The van der Waals surface area contributed by atoms with Crippen molar-refractivity contribution in [1.82, 2.24) is 9.80 Å². The summed E-state index contributed by atoms with van der Waals surface area (Å²) in [7, 11) is 2.20. The van der Waals surface area contributed by atoms with E-state index in [1.54, 1.807) is 0 Å². The normalized spacial score (nSPS) is 21.1. The predicted octanol–water partition coefficient (Wildman–Crippen LogP) is 2.56. The first-order chi connectivity index (χ1) is 8.40. The molecule has 0 spiro atoms. The van der Waals surface area contributed by atoms with Crippen LogP contribution in [0.1, 0.15) is 19.4 Å². The molecule has 1 aromatic rings. The fraction of sp³-hybridized carbons (Fsp3) is 0.571. The average molecular weight is 312 g/mol. The molecule has 0 radical (unpaired) electrons. The minimum Gasteiger partial charge on any atom is -0.398 e. The zero-order chi connectivity index (χ0) is 13.3. The Morgan fingerprint density at radius 1 is 1.33 bits per heavy atom. The van der Waals surface area contributed by atoms with Gasteiger partial charge in [0.05, 0.1) is 0 Å². The smallest absolute Gasteiger partial charge is 0.0461 e. The Labute approximate surface area is 118 Å². The molecule has 2 rings (SSSR count). The number of nitrogen functional groups attached to an aromatic ring is 1. The highest BCUT2D eigenvalue weighted by molar-refractivity contribution is 9.10. The lowest BCUT2D eigenvalue weighted by Gasteiger charge is -2.45. The molecule has 1 heterocycles. The Hall–Kier alpha value is -0.580. The quantitative estimate of drug-likeness (QED) is 0.852. The summed E-state index contributed by atoms with van der Waals surface area (Å²) in [5.41, 5.74) is 8.26. The third kappa shape index (κ3) is 2.87. The van der Waals surface area contributed by atoms with Gasteiger partial charge in [0.1, 0.15) is 0 Å². The number of nitrogens with zero attached hydrogens (tertiary/aromatic N) is 2. The zero-order valence-corrected chi connectivity index (χ0v) is 13.0. The first kappa shape index (κ1) is 13.8. The van der Waals surface area contributed by atoms with Gasteiger partial charge < -0.3 is 5.73 Å². The Kier molecular flexibility index (Phi) is 3.99. The molecule has 0 unspecified atom stereocenters. The summed E-state index contributed by atoms with van der Waals surface area (Å²) in [6.45, 7) is 8.88. The molecule has 18 heavy (non-hydrogen) atoms. The van der Waals surface area contributed by atoms with Crippen LogP contribution in [-0.2, 0) is 6.54 Å². The van der Waals surface area contributed by atoms with E-state index in [2.05, 4.69) is 52.7 Å². The second-order valence-electron chi connectivity index (χ2n) is 5.76. The van der Waals surface area contributed by atoms with Crippen LogP contribution in [0.15, 0.2) is 22.7 Å². The Bertz CT molecular complexity index is 431. The fourth-order valence-corrected chi connectivity index (χ4v) is 2.83. The molecule has 1 aliphatic rings. The fourth-order valence-electron chi connectivity index (χ4n) is 2.44. The van der Waals surface area contributed by atoms with Crippen molar-refractivity contribution in [2.45, 2.75) is 25.9 Å². The van der Waals surface area contributed by atoms with Crippen LogP contribution >= 0.6 is 15.9 Å². The van der Waals surface area contributed by atoms with E-state index in [0.29, 0.717) is 0 Å². The molecule has 0 bridgehead atoms. The number of anilines is 1. The Morgan fingerprint density at radius 2 is 2.06 bits per heavy atom. The molecule has 1 aromatic carbocycles. The summed E-state index contributed by atoms with van der Waals surface area (Å²) >= 11 is 3.59. The van der Waals surface area contributed by atoms with E-state index < -0.39 is 0 Å². The molecule has 3 nitrogen and oxygen atoms in total. The van der Waals surface area contributed by atoms with E-state index in [4.69, 9.17) is 5.73 Å². The first-order valence-corrected chi connectivity index (χ1v) is 7.16. The summed E-state index contributed by atoms with van der Waals surface area (Å²) < 4.78 is 1.04. The van der Waals surface area contributed by atoms with Gasteiger partial charge in [-0.15, -0.1) is 0 Å². The summed E-state index contributed by atoms with van der Waals surface area (Å²) in [5.74, 6) is 0. The summed E-state index contributed by atoms with van der Waals surface area (Å²) in [6, 6.07) is 6.10. The van der Waals surface area contributed by atoms with Crippen LogP contribution in [0, 0.1) is 0 Å². The van der Waals surface area contributed by atoms with Gasteiger partial charge in [-0.2, -0.15) is 0 Å². The van der Waals surface area contributed by atoms with Crippen molar-refractivity contribution >= 4 is 21.6 Å². The second kappa shape index (κ2) is 5.19. The molecule has 100 valence electrons. The number of rotatable bonds is 2. The predicted molar refractivity (Wildman–Crippen MR) is 80.5 cm³/mol.